The summed E-state index contributed by atoms with van der Waals surface area (Å²) in [4.78, 5) is 22.6. The average molecular weight is 245 g/mol. The Kier molecular flexibility index (Phi) is 4.34. The maximum absolute atomic E-state index is 11.5. The van der Waals surface area contributed by atoms with Crippen molar-refractivity contribution in [3.05, 3.63) is 0 Å². The number of carboxylic acids is 1. The highest BCUT2D eigenvalue weighted by atomic mass is 16.6. The molecule has 1 aliphatic heterocycles. The fraction of sp³-hybridized carbons (Fsp3) is 0.818. The van der Waals surface area contributed by atoms with Gasteiger partial charge in [0.2, 0.25) is 0 Å². The summed E-state index contributed by atoms with van der Waals surface area (Å²) < 4.78 is 10.1. The van der Waals surface area contributed by atoms with Crippen molar-refractivity contribution < 1.29 is 24.2 Å². The molecule has 1 rings (SSSR count). The van der Waals surface area contributed by atoms with Crippen LogP contribution in [0.2, 0.25) is 0 Å². The lowest BCUT2D eigenvalue weighted by Gasteiger charge is -2.24. The van der Waals surface area contributed by atoms with Crippen LogP contribution in [0, 0.1) is 5.92 Å². The van der Waals surface area contributed by atoms with Gasteiger partial charge in [-0.05, 0) is 27.2 Å². The van der Waals surface area contributed by atoms with E-state index in [1.807, 2.05) is 0 Å². The molecule has 1 saturated heterocycles. The highest BCUT2D eigenvalue weighted by molar-refractivity contribution is 5.80. The fourth-order valence-corrected chi connectivity index (χ4v) is 1.63. The van der Waals surface area contributed by atoms with E-state index in [2.05, 4.69) is 5.32 Å². The van der Waals surface area contributed by atoms with Gasteiger partial charge in [0.15, 0.2) is 0 Å². The Hall–Kier alpha value is -1.30. The summed E-state index contributed by atoms with van der Waals surface area (Å²) in [6.07, 6.45) is -0.0796. The molecule has 98 valence electrons. The van der Waals surface area contributed by atoms with Crippen LogP contribution < -0.4 is 5.32 Å². The third-order valence-corrected chi connectivity index (χ3v) is 2.37. The Balaban J connectivity index is 2.55. The molecule has 1 aliphatic rings. The van der Waals surface area contributed by atoms with Gasteiger partial charge in [0.1, 0.15) is 11.6 Å². The van der Waals surface area contributed by atoms with Crippen molar-refractivity contribution in [1.29, 1.82) is 0 Å². The summed E-state index contributed by atoms with van der Waals surface area (Å²) in [5, 5.41) is 11.4. The molecule has 2 N–H and O–H groups in total. The molecular formula is C11H19NO5. The number of carbonyl (C=O) groups is 2. The van der Waals surface area contributed by atoms with Crippen LogP contribution in [0.1, 0.15) is 27.2 Å². The first-order chi connectivity index (χ1) is 7.79. The fourth-order valence-electron chi connectivity index (χ4n) is 1.63. The molecule has 0 aliphatic carbocycles. The second-order valence-electron chi connectivity index (χ2n) is 5.09. The molecule has 17 heavy (non-hydrogen) atoms. The van der Waals surface area contributed by atoms with Crippen molar-refractivity contribution in [2.45, 2.75) is 38.8 Å². The predicted octanol–water partition coefficient (Wildman–Crippen LogP) is 1.00. The first-order valence-electron chi connectivity index (χ1n) is 5.59. The normalized spacial score (nSPS) is 21.9. The number of rotatable bonds is 3. The smallest absolute Gasteiger partial charge is 0.408 e. The Labute approximate surface area is 100 Å². The summed E-state index contributed by atoms with van der Waals surface area (Å²) in [5.74, 6) is -1.26. The number of amides is 1. The minimum Gasteiger partial charge on any atom is -0.480 e. The number of carboxylic acid groups (broad SMARTS) is 1. The van der Waals surface area contributed by atoms with E-state index in [0.717, 1.165) is 0 Å². The van der Waals surface area contributed by atoms with Gasteiger partial charge >= 0.3 is 12.1 Å². The molecule has 0 bridgehead atoms. The molecular weight excluding hydrogens is 226 g/mol. The van der Waals surface area contributed by atoms with Gasteiger partial charge in [0.25, 0.3) is 0 Å². The molecule has 2 unspecified atom stereocenters. The molecule has 6 heteroatoms. The first-order valence-corrected chi connectivity index (χ1v) is 5.59. The van der Waals surface area contributed by atoms with Crippen molar-refractivity contribution in [1.82, 2.24) is 5.32 Å². The van der Waals surface area contributed by atoms with Gasteiger partial charge in [-0.3, -0.25) is 0 Å². The Morgan fingerprint density at radius 1 is 1.47 bits per heavy atom. The van der Waals surface area contributed by atoms with Crippen LogP contribution in [0.15, 0.2) is 0 Å². The van der Waals surface area contributed by atoms with Crippen molar-refractivity contribution in [2.24, 2.45) is 5.92 Å². The van der Waals surface area contributed by atoms with Gasteiger partial charge in [-0.25, -0.2) is 9.59 Å². The Bertz CT molecular complexity index is 291. The molecule has 1 fully saturated rings. The summed E-state index contributed by atoms with van der Waals surface area (Å²) >= 11 is 0. The van der Waals surface area contributed by atoms with E-state index in [0.29, 0.717) is 19.6 Å². The number of hydrogen-bond donors (Lipinski definition) is 2. The van der Waals surface area contributed by atoms with E-state index in [9.17, 15) is 9.59 Å². The third-order valence-electron chi connectivity index (χ3n) is 2.37. The van der Waals surface area contributed by atoms with Gasteiger partial charge in [-0.15, -0.1) is 0 Å². The van der Waals surface area contributed by atoms with Gasteiger partial charge in [-0.1, -0.05) is 0 Å². The molecule has 6 nitrogen and oxygen atoms in total. The number of hydrogen-bond acceptors (Lipinski definition) is 4. The second kappa shape index (κ2) is 5.35. The van der Waals surface area contributed by atoms with E-state index < -0.39 is 23.7 Å². The van der Waals surface area contributed by atoms with E-state index in [1.54, 1.807) is 20.8 Å². The molecule has 2 atom stereocenters. The number of nitrogens with one attached hydrogen (secondary N) is 1. The highest BCUT2D eigenvalue weighted by Gasteiger charge is 2.33. The van der Waals surface area contributed by atoms with Crippen LogP contribution in [0.3, 0.4) is 0 Å². The lowest BCUT2D eigenvalue weighted by molar-refractivity contribution is -0.141. The van der Waals surface area contributed by atoms with Crippen molar-refractivity contribution in [3.63, 3.8) is 0 Å². The lowest BCUT2D eigenvalue weighted by Crippen LogP contribution is -2.47. The zero-order valence-corrected chi connectivity index (χ0v) is 10.4. The van der Waals surface area contributed by atoms with Crippen LogP contribution in [0.5, 0.6) is 0 Å². The number of aliphatic carboxylic acids is 1. The summed E-state index contributed by atoms with van der Waals surface area (Å²) in [6.45, 7) is 6.06. The molecule has 0 aromatic heterocycles. The Morgan fingerprint density at radius 2 is 2.12 bits per heavy atom. The minimum absolute atomic E-state index is 0.194. The van der Waals surface area contributed by atoms with Crippen molar-refractivity contribution in [3.8, 4) is 0 Å². The van der Waals surface area contributed by atoms with E-state index in [-0.39, 0.29) is 5.92 Å². The van der Waals surface area contributed by atoms with E-state index in [4.69, 9.17) is 14.6 Å². The molecule has 0 aromatic carbocycles. The zero-order chi connectivity index (χ0) is 13.1. The molecule has 0 saturated carbocycles. The highest BCUT2D eigenvalue weighted by Crippen LogP contribution is 2.17. The summed E-state index contributed by atoms with van der Waals surface area (Å²) in [6, 6.07) is -0.952. The van der Waals surface area contributed by atoms with E-state index in [1.165, 1.54) is 0 Å². The lowest BCUT2D eigenvalue weighted by atomic mass is 9.99. The molecule has 0 radical (unpaired) electrons. The quantitative estimate of drug-likeness (QED) is 0.774. The molecule has 1 heterocycles. The van der Waals surface area contributed by atoms with Crippen LogP contribution in [0.4, 0.5) is 4.79 Å². The largest absolute Gasteiger partial charge is 0.480 e. The maximum atomic E-state index is 11.5. The van der Waals surface area contributed by atoms with Crippen LogP contribution >= 0.6 is 0 Å². The van der Waals surface area contributed by atoms with Gasteiger partial charge in [-0.2, -0.15) is 0 Å². The Morgan fingerprint density at radius 3 is 2.53 bits per heavy atom. The van der Waals surface area contributed by atoms with Gasteiger partial charge in [0.05, 0.1) is 6.61 Å². The average Bonchev–Trinajstić information content (AvgIpc) is 2.63. The molecule has 1 amide bonds. The topological polar surface area (TPSA) is 84.9 Å². The maximum Gasteiger partial charge on any atom is 0.408 e. The van der Waals surface area contributed by atoms with Crippen molar-refractivity contribution >= 4 is 12.1 Å². The van der Waals surface area contributed by atoms with Gasteiger partial charge < -0.3 is 19.9 Å². The number of alkyl carbamates (subject to hydrolysis) is 1. The summed E-state index contributed by atoms with van der Waals surface area (Å²) in [7, 11) is 0. The monoisotopic (exact) mass is 245 g/mol. The second-order valence-corrected chi connectivity index (χ2v) is 5.09. The minimum atomic E-state index is -1.06. The zero-order valence-electron chi connectivity index (χ0n) is 10.4. The predicted molar refractivity (Wildman–Crippen MR) is 59.7 cm³/mol. The van der Waals surface area contributed by atoms with Gasteiger partial charge in [0, 0.05) is 12.5 Å². The van der Waals surface area contributed by atoms with E-state index >= 15 is 0 Å². The number of carbonyl (C=O) groups excluding carboxylic acids is 1. The summed E-state index contributed by atoms with van der Waals surface area (Å²) in [5.41, 5.74) is -0.640. The van der Waals surface area contributed by atoms with Crippen molar-refractivity contribution in [2.75, 3.05) is 13.2 Å². The molecule has 0 aromatic rings. The third kappa shape index (κ3) is 4.60. The number of ether oxygens (including phenoxy) is 2. The SMILES string of the molecule is CC(C)(C)OC(=O)NC(C(=O)O)C1CCOC1. The standard InChI is InChI=1S/C11H19NO5/c1-11(2,3)17-10(15)12-8(9(13)14)7-4-5-16-6-7/h7-8H,4-6H2,1-3H3,(H,12,15)(H,13,14). The van der Waals surface area contributed by atoms with Crippen LogP contribution in [-0.2, 0) is 14.3 Å². The van der Waals surface area contributed by atoms with Crippen LogP contribution in [-0.4, -0.2) is 42.0 Å². The first kappa shape index (κ1) is 13.8. The van der Waals surface area contributed by atoms with Crippen LogP contribution in [0.25, 0.3) is 0 Å². The molecule has 0 spiro atoms.